The van der Waals surface area contributed by atoms with Crippen LogP contribution in [0.1, 0.15) is 33.9 Å². The Kier molecular flexibility index (Phi) is 3.52. The molecule has 1 aliphatic carbocycles. The Bertz CT molecular complexity index is 655. The number of benzene rings is 1. The third-order valence-electron chi connectivity index (χ3n) is 4.32. The molecule has 0 radical (unpaired) electrons. The number of rotatable bonds is 0. The van der Waals surface area contributed by atoms with Gasteiger partial charge in [0.2, 0.25) is 0 Å². The van der Waals surface area contributed by atoms with Gasteiger partial charge >= 0.3 is 0 Å². The highest BCUT2D eigenvalue weighted by molar-refractivity contribution is 8.93. The molecule has 0 spiro atoms. The number of halogens is 1. The van der Waals surface area contributed by atoms with Gasteiger partial charge in [-0.3, -0.25) is 0 Å². The number of aryl methyl sites for hydroxylation is 1. The molecule has 1 aromatic carbocycles. The fraction of sp³-hybridized carbons (Fsp3) is 0.333. The van der Waals surface area contributed by atoms with Crippen molar-refractivity contribution in [2.24, 2.45) is 0 Å². The lowest BCUT2D eigenvalue weighted by Crippen LogP contribution is -2.41. The van der Waals surface area contributed by atoms with Crippen LogP contribution in [0.5, 0.6) is 11.5 Å². The Balaban J connectivity index is 0.00000121. The molecule has 2 aliphatic rings. The molecule has 5 heteroatoms. The van der Waals surface area contributed by atoms with Gasteiger partial charge in [-0.15, -0.1) is 28.3 Å². The van der Waals surface area contributed by atoms with Crippen molar-refractivity contribution in [3.05, 3.63) is 45.1 Å². The summed E-state index contributed by atoms with van der Waals surface area (Å²) >= 11 is 1.80. The fourth-order valence-corrected chi connectivity index (χ4v) is 4.50. The van der Waals surface area contributed by atoms with Gasteiger partial charge in [0.25, 0.3) is 0 Å². The maximum absolute atomic E-state index is 9.80. The van der Waals surface area contributed by atoms with E-state index in [1.54, 1.807) is 23.5 Å². The molecule has 2 heterocycles. The minimum atomic E-state index is -0.0110. The quantitative estimate of drug-likeness (QED) is 0.637. The van der Waals surface area contributed by atoms with Crippen LogP contribution < -0.4 is 5.32 Å². The predicted octanol–water partition coefficient (Wildman–Crippen LogP) is 3.29. The first-order chi connectivity index (χ1) is 9.24. The third-order valence-corrected chi connectivity index (χ3v) is 5.36. The maximum Gasteiger partial charge on any atom is 0.157 e. The Hall–Kier alpha value is -1.04. The number of fused-ring (bicyclic) bond motifs is 5. The predicted molar refractivity (Wildman–Crippen MR) is 85.2 cm³/mol. The van der Waals surface area contributed by atoms with Crippen LogP contribution in [-0.4, -0.2) is 16.3 Å². The van der Waals surface area contributed by atoms with Crippen LogP contribution >= 0.6 is 28.3 Å². The van der Waals surface area contributed by atoms with E-state index in [0.717, 1.165) is 19.4 Å². The van der Waals surface area contributed by atoms with Gasteiger partial charge in [0.15, 0.2) is 11.5 Å². The number of nitrogens with one attached hydrogen (secondary N) is 1. The minimum Gasteiger partial charge on any atom is -0.504 e. The van der Waals surface area contributed by atoms with Crippen LogP contribution in [0.25, 0.3) is 0 Å². The molecule has 20 heavy (non-hydrogen) atoms. The lowest BCUT2D eigenvalue weighted by atomic mass is 9.75. The summed E-state index contributed by atoms with van der Waals surface area (Å²) in [4.78, 5) is 1.41. The first-order valence-corrected chi connectivity index (χ1v) is 7.46. The minimum absolute atomic E-state index is 0. The summed E-state index contributed by atoms with van der Waals surface area (Å²) < 4.78 is 0. The van der Waals surface area contributed by atoms with Gasteiger partial charge in [0.05, 0.1) is 0 Å². The first kappa shape index (κ1) is 13.9. The molecule has 3 N–H and O–H groups in total. The largest absolute Gasteiger partial charge is 0.504 e. The standard InChI is InChI=1S/C15H15NO2S.BrH/c17-12-5-8-1-2-11-14(10(8)6-13(12)18)15-9(7-16-11)3-4-19-15;/h3-6,11,14,16-18H,1-2,7H2;1H/t11-,14-;/m0./s1. The van der Waals surface area contributed by atoms with Gasteiger partial charge in [-0.2, -0.15) is 0 Å². The topological polar surface area (TPSA) is 52.5 Å². The second-order valence-corrected chi connectivity index (χ2v) is 6.30. The van der Waals surface area contributed by atoms with E-state index >= 15 is 0 Å². The average molecular weight is 354 g/mol. The van der Waals surface area contributed by atoms with Gasteiger partial charge in [0, 0.05) is 23.4 Å². The van der Waals surface area contributed by atoms with Crippen LogP contribution in [0.4, 0.5) is 0 Å². The molecule has 0 saturated heterocycles. The maximum atomic E-state index is 9.80. The van der Waals surface area contributed by atoms with Crippen molar-refractivity contribution in [3.63, 3.8) is 0 Å². The van der Waals surface area contributed by atoms with Gasteiger partial charge < -0.3 is 15.5 Å². The average Bonchev–Trinajstić information content (AvgIpc) is 2.88. The zero-order chi connectivity index (χ0) is 13.0. The molecular weight excluding hydrogens is 338 g/mol. The number of hydrogen-bond donors (Lipinski definition) is 3. The molecule has 0 saturated carbocycles. The van der Waals surface area contributed by atoms with E-state index in [9.17, 15) is 10.2 Å². The zero-order valence-electron chi connectivity index (χ0n) is 10.8. The Morgan fingerprint density at radius 2 is 1.95 bits per heavy atom. The van der Waals surface area contributed by atoms with Crippen molar-refractivity contribution in [1.82, 2.24) is 5.32 Å². The Labute approximate surface area is 132 Å². The molecule has 0 fully saturated rings. The number of aromatic hydroxyl groups is 2. The monoisotopic (exact) mass is 353 g/mol. The second kappa shape index (κ2) is 5.06. The van der Waals surface area contributed by atoms with Gasteiger partial charge in [-0.25, -0.2) is 0 Å². The molecule has 1 aliphatic heterocycles. The molecule has 2 aromatic rings. The fourth-order valence-electron chi connectivity index (χ4n) is 3.39. The summed E-state index contributed by atoms with van der Waals surface area (Å²) in [6, 6.07) is 6.10. The molecule has 4 rings (SSSR count). The smallest absolute Gasteiger partial charge is 0.157 e. The van der Waals surface area contributed by atoms with E-state index in [1.807, 2.05) is 0 Å². The molecule has 1 aromatic heterocycles. The molecule has 0 amide bonds. The van der Waals surface area contributed by atoms with Gasteiger partial charge in [-0.05, 0) is 53.1 Å². The molecule has 3 nitrogen and oxygen atoms in total. The van der Waals surface area contributed by atoms with E-state index < -0.39 is 0 Å². The summed E-state index contributed by atoms with van der Waals surface area (Å²) in [7, 11) is 0. The lowest BCUT2D eigenvalue weighted by molar-refractivity contribution is 0.383. The van der Waals surface area contributed by atoms with Crippen LogP contribution in [0, 0.1) is 0 Å². The number of hydrogen-bond acceptors (Lipinski definition) is 4. The van der Waals surface area contributed by atoms with E-state index in [1.165, 1.54) is 21.6 Å². The van der Waals surface area contributed by atoms with Crippen LogP contribution in [0.2, 0.25) is 0 Å². The summed E-state index contributed by atoms with van der Waals surface area (Å²) in [5.41, 5.74) is 3.70. The highest BCUT2D eigenvalue weighted by atomic mass is 79.9. The van der Waals surface area contributed by atoms with Crippen molar-refractivity contribution < 1.29 is 10.2 Å². The molecule has 106 valence electrons. The van der Waals surface area contributed by atoms with Gasteiger partial charge in [0.1, 0.15) is 0 Å². The summed E-state index contributed by atoms with van der Waals surface area (Å²) in [5, 5.41) is 25.2. The number of thiophene rings is 1. The SMILES string of the molecule is Br.Oc1cc2c(cc1O)[C@@H]1c3sccc3CN[C@H]1CC2. The Morgan fingerprint density at radius 3 is 2.80 bits per heavy atom. The number of phenolic OH excluding ortho intramolecular Hbond substituents is 2. The normalized spacial score (nSPS) is 23.2. The summed E-state index contributed by atoms with van der Waals surface area (Å²) in [6.45, 7) is 0.944. The van der Waals surface area contributed by atoms with E-state index in [0.29, 0.717) is 12.0 Å². The van der Waals surface area contributed by atoms with Crippen molar-refractivity contribution in [2.75, 3.05) is 0 Å². The van der Waals surface area contributed by atoms with Crippen molar-refractivity contribution in [1.29, 1.82) is 0 Å². The zero-order valence-corrected chi connectivity index (χ0v) is 13.3. The van der Waals surface area contributed by atoms with E-state index in [4.69, 9.17) is 0 Å². The van der Waals surface area contributed by atoms with Crippen molar-refractivity contribution >= 4 is 28.3 Å². The molecule has 2 atom stereocenters. The Morgan fingerprint density at radius 1 is 1.15 bits per heavy atom. The van der Waals surface area contributed by atoms with Crippen molar-refractivity contribution in [2.45, 2.75) is 31.3 Å². The van der Waals surface area contributed by atoms with Crippen molar-refractivity contribution in [3.8, 4) is 11.5 Å². The van der Waals surface area contributed by atoms with Gasteiger partial charge in [-0.1, -0.05) is 0 Å². The number of phenols is 2. The van der Waals surface area contributed by atoms with Crippen LogP contribution in [0.3, 0.4) is 0 Å². The lowest BCUT2D eigenvalue weighted by Gasteiger charge is -2.38. The highest BCUT2D eigenvalue weighted by Gasteiger charge is 2.36. The van der Waals surface area contributed by atoms with Crippen LogP contribution in [0.15, 0.2) is 23.6 Å². The molecule has 0 unspecified atom stereocenters. The first-order valence-electron chi connectivity index (χ1n) is 6.58. The molecule has 0 bridgehead atoms. The van der Waals surface area contributed by atoms with Crippen LogP contribution in [-0.2, 0) is 13.0 Å². The third kappa shape index (κ3) is 1.96. The summed E-state index contributed by atoms with van der Waals surface area (Å²) in [6.07, 6.45) is 2.04. The second-order valence-electron chi connectivity index (χ2n) is 5.35. The highest BCUT2D eigenvalue weighted by Crippen LogP contribution is 2.45. The molecular formula is C15H16BrNO2S. The van der Waals surface area contributed by atoms with E-state index in [-0.39, 0.29) is 28.5 Å². The van der Waals surface area contributed by atoms with E-state index in [2.05, 4.69) is 16.8 Å². The summed E-state index contributed by atoms with van der Waals surface area (Å²) in [5.74, 6) is 0.300.